The highest BCUT2D eigenvalue weighted by atomic mass is 32.2. The predicted molar refractivity (Wildman–Crippen MR) is 130 cm³/mol. The Morgan fingerprint density at radius 1 is 1.03 bits per heavy atom. The molecule has 0 heterocycles. The number of carbonyl (C=O) groups is 2. The van der Waals surface area contributed by atoms with E-state index in [1.54, 1.807) is 25.1 Å². The quantitative estimate of drug-likeness (QED) is 0.403. The molecule has 0 saturated carbocycles. The largest absolute Gasteiger partial charge is 0.345 e. The third-order valence-electron chi connectivity index (χ3n) is 5.30. The molecule has 174 valence electrons. The molecule has 8 nitrogen and oxygen atoms in total. The molecule has 0 aromatic heterocycles. The second-order valence-electron chi connectivity index (χ2n) is 7.96. The summed E-state index contributed by atoms with van der Waals surface area (Å²) in [5.74, 6) is -0.893. The van der Waals surface area contributed by atoms with Gasteiger partial charge in [-0.15, -0.1) is 0 Å². The maximum atomic E-state index is 13.1. The van der Waals surface area contributed by atoms with Gasteiger partial charge in [-0.1, -0.05) is 48.5 Å². The van der Waals surface area contributed by atoms with Crippen LogP contribution >= 0.6 is 0 Å². The van der Waals surface area contributed by atoms with Gasteiger partial charge in [0.15, 0.2) is 0 Å². The SMILES string of the molecule is Cc1ccc(NC(=O)[C@H](CN)NS(C)(=O)=O)cc1C(=O)N[C@H](C)c1cccc2ccccc12. The van der Waals surface area contributed by atoms with Gasteiger partial charge in [0, 0.05) is 17.8 Å². The number of sulfonamides is 1. The minimum absolute atomic E-state index is 0.208. The average Bonchev–Trinajstić information content (AvgIpc) is 2.77. The second-order valence-corrected chi connectivity index (χ2v) is 9.74. The Balaban J connectivity index is 1.78. The van der Waals surface area contributed by atoms with Crippen LogP contribution in [0, 0.1) is 6.92 Å². The number of nitrogens with two attached hydrogens (primary N) is 1. The first kappa shape index (κ1) is 24.4. The molecule has 9 heteroatoms. The topological polar surface area (TPSA) is 130 Å². The molecule has 0 aliphatic heterocycles. The maximum Gasteiger partial charge on any atom is 0.252 e. The van der Waals surface area contributed by atoms with Crippen molar-refractivity contribution in [2.24, 2.45) is 5.73 Å². The van der Waals surface area contributed by atoms with Crippen LogP contribution in [0.15, 0.2) is 60.7 Å². The Morgan fingerprint density at radius 2 is 1.73 bits per heavy atom. The minimum atomic E-state index is -3.61. The summed E-state index contributed by atoms with van der Waals surface area (Å²) in [6.45, 7) is 3.51. The van der Waals surface area contributed by atoms with Crippen LogP contribution in [0.3, 0.4) is 0 Å². The first-order valence-corrected chi connectivity index (χ1v) is 12.4. The van der Waals surface area contributed by atoms with Crippen molar-refractivity contribution in [3.05, 3.63) is 77.4 Å². The molecular weight excluding hydrogens is 440 g/mol. The molecule has 0 aliphatic carbocycles. The maximum absolute atomic E-state index is 13.1. The summed E-state index contributed by atoms with van der Waals surface area (Å²) >= 11 is 0. The summed E-state index contributed by atoms with van der Waals surface area (Å²) in [4.78, 5) is 25.5. The molecule has 5 N–H and O–H groups in total. The zero-order valence-electron chi connectivity index (χ0n) is 18.8. The van der Waals surface area contributed by atoms with Gasteiger partial charge in [0.1, 0.15) is 6.04 Å². The van der Waals surface area contributed by atoms with Crippen molar-refractivity contribution < 1.29 is 18.0 Å². The summed E-state index contributed by atoms with van der Waals surface area (Å²) in [6, 6.07) is 17.5. The normalized spacial score (nSPS) is 13.3. The van der Waals surface area contributed by atoms with E-state index in [1.165, 1.54) is 0 Å². The van der Waals surface area contributed by atoms with E-state index < -0.39 is 22.0 Å². The smallest absolute Gasteiger partial charge is 0.252 e. The van der Waals surface area contributed by atoms with Crippen molar-refractivity contribution in [3.63, 3.8) is 0 Å². The number of fused-ring (bicyclic) bond motifs is 1. The highest BCUT2D eigenvalue weighted by Crippen LogP contribution is 2.25. The summed E-state index contributed by atoms with van der Waals surface area (Å²) in [7, 11) is -3.61. The van der Waals surface area contributed by atoms with Gasteiger partial charge in [-0.2, -0.15) is 0 Å². The van der Waals surface area contributed by atoms with Crippen LogP contribution in [0.2, 0.25) is 0 Å². The number of hydrogen-bond donors (Lipinski definition) is 4. The molecular formula is C24H28N4O4S. The molecule has 3 aromatic carbocycles. The lowest BCUT2D eigenvalue weighted by molar-refractivity contribution is -0.117. The van der Waals surface area contributed by atoms with E-state index in [4.69, 9.17) is 5.73 Å². The Morgan fingerprint density at radius 3 is 2.42 bits per heavy atom. The average molecular weight is 469 g/mol. The molecule has 0 fully saturated rings. The molecule has 0 bridgehead atoms. The van der Waals surface area contributed by atoms with Crippen molar-refractivity contribution in [3.8, 4) is 0 Å². The highest BCUT2D eigenvalue weighted by molar-refractivity contribution is 7.88. The minimum Gasteiger partial charge on any atom is -0.345 e. The van der Waals surface area contributed by atoms with Gasteiger partial charge in [0.25, 0.3) is 5.91 Å². The van der Waals surface area contributed by atoms with Gasteiger partial charge in [-0.3, -0.25) is 9.59 Å². The number of amides is 2. The first-order chi connectivity index (χ1) is 15.6. The van der Waals surface area contributed by atoms with Crippen LogP contribution in [-0.4, -0.2) is 39.1 Å². The molecule has 3 aromatic rings. The fourth-order valence-electron chi connectivity index (χ4n) is 3.62. The lowest BCUT2D eigenvalue weighted by Crippen LogP contribution is -2.47. The van der Waals surface area contributed by atoms with Crippen molar-refractivity contribution in [1.82, 2.24) is 10.0 Å². The van der Waals surface area contributed by atoms with Crippen LogP contribution in [0.25, 0.3) is 10.8 Å². The van der Waals surface area contributed by atoms with Crippen LogP contribution in [0.5, 0.6) is 0 Å². The number of anilines is 1. The Hall–Kier alpha value is -3.27. The fraction of sp³-hybridized carbons (Fsp3) is 0.250. The van der Waals surface area contributed by atoms with Gasteiger partial charge in [-0.05, 0) is 47.9 Å². The van der Waals surface area contributed by atoms with Crippen molar-refractivity contribution in [2.75, 3.05) is 18.1 Å². The van der Waals surface area contributed by atoms with E-state index in [9.17, 15) is 18.0 Å². The molecule has 0 unspecified atom stereocenters. The molecule has 0 saturated heterocycles. The van der Waals surface area contributed by atoms with Gasteiger partial charge < -0.3 is 16.4 Å². The van der Waals surface area contributed by atoms with Crippen LogP contribution in [0.4, 0.5) is 5.69 Å². The van der Waals surface area contributed by atoms with Crippen LogP contribution < -0.4 is 21.1 Å². The molecule has 2 atom stereocenters. The number of hydrogen-bond acceptors (Lipinski definition) is 5. The Labute approximate surface area is 193 Å². The summed E-state index contributed by atoms with van der Waals surface area (Å²) < 4.78 is 25.1. The van der Waals surface area contributed by atoms with Crippen LogP contribution in [-0.2, 0) is 14.8 Å². The zero-order valence-corrected chi connectivity index (χ0v) is 19.6. The number of rotatable bonds is 8. The molecule has 33 heavy (non-hydrogen) atoms. The monoisotopic (exact) mass is 468 g/mol. The van der Waals surface area contributed by atoms with E-state index in [1.807, 2.05) is 49.4 Å². The summed E-state index contributed by atoms with van der Waals surface area (Å²) in [5, 5.41) is 7.81. The number of carbonyl (C=O) groups excluding carboxylic acids is 2. The van der Waals surface area contributed by atoms with Crippen molar-refractivity contribution >= 4 is 38.3 Å². The lowest BCUT2D eigenvalue weighted by Gasteiger charge is -2.19. The highest BCUT2D eigenvalue weighted by Gasteiger charge is 2.21. The van der Waals surface area contributed by atoms with E-state index in [-0.39, 0.29) is 18.5 Å². The molecule has 2 amide bonds. The lowest BCUT2D eigenvalue weighted by atomic mass is 9.99. The van der Waals surface area contributed by atoms with Crippen molar-refractivity contribution in [2.45, 2.75) is 25.9 Å². The van der Waals surface area contributed by atoms with Crippen LogP contribution in [0.1, 0.15) is 34.5 Å². The van der Waals surface area contributed by atoms with E-state index in [0.29, 0.717) is 11.3 Å². The van der Waals surface area contributed by atoms with Gasteiger partial charge in [-0.25, -0.2) is 13.1 Å². The zero-order chi connectivity index (χ0) is 24.2. The van der Waals surface area contributed by atoms with E-state index >= 15 is 0 Å². The Bertz CT molecular complexity index is 1290. The van der Waals surface area contributed by atoms with Gasteiger partial charge >= 0.3 is 0 Å². The summed E-state index contributed by atoms with van der Waals surface area (Å²) in [6.07, 6.45) is 0.953. The predicted octanol–water partition coefficient (Wildman–Crippen LogP) is 2.45. The number of aryl methyl sites for hydroxylation is 1. The van der Waals surface area contributed by atoms with Gasteiger partial charge in [0.2, 0.25) is 15.9 Å². The summed E-state index contributed by atoms with van der Waals surface area (Å²) in [5.41, 5.74) is 8.04. The van der Waals surface area contributed by atoms with Crippen molar-refractivity contribution in [1.29, 1.82) is 0 Å². The first-order valence-electron chi connectivity index (χ1n) is 10.5. The molecule has 0 aliphatic rings. The third kappa shape index (κ3) is 6.16. The van der Waals surface area contributed by atoms with E-state index in [2.05, 4.69) is 15.4 Å². The molecule has 0 radical (unpaired) electrons. The van der Waals surface area contributed by atoms with E-state index in [0.717, 1.165) is 28.2 Å². The van der Waals surface area contributed by atoms with Gasteiger partial charge in [0.05, 0.1) is 12.3 Å². The number of nitrogens with one attached hydrogen (secondary N) is 3. The standard InChI is InChI=1S/C24H28N4O4S/c1-15-11-12-18(27-24(30)22(14-25)28-33(3,31)32)13-21(15)23(29)26-16(2)19-10-6-8-17-7-4-5-9-20(17)19/h4-13,16,22,28H,14,25H2,1-3H3,(H,26,29)(H,27,30)/t16-,22+/m1/s1. The molecule has 0 spiro atoms. The third-order valence-corrected chi connectivity index (χ3v) is 6.01. The molecule has 3 rings (SSSR count). The fourth-order valence-corrected chi connectivity index (χ4v) is 4.34. The Kier molecular flexibility index (Phi) is 7.47. The number of benzene rings is 3. The second kappa shape index (κ2) is 10.1.